The lowest BCUT2D eigenvalue weighted by atomic mass is 10.1. The van der Waals surface area contributed by atoms with Crippen LogP contribution in [0, 0.1) is 0 Å². The molecule has 9 heteroatoms. The summed E-state index contributed by atoms with van der Waals surface area (Å²) in [5.41, 5.74) is 9.23. The number of aromatic nitrogens is 1. The Kier molecular flexibility index (Phi) is 6.61. The molecule has 0 aliphatic rings. The number of carbonyl (C=O) groups excluding carboxylic acids is 1. The number of nitrogens with zero attached hydrogens (tertiary/aromatic N) is 4. The minimum absolute atomic E-state index is 0.297. The molecule has 0 unspecified atom stereocenters. The number of hydrogen-bond donors (Lipinski definition) is 1. The molecule has 1 aromatic heterocycles. The van der Waals surface area contributed by atoms with Crippen molar-refractivity contribution in [2.75, 3.05) is 6.61 Å². The smallest absolute Gasteiger partial charge is 0.265 e. The maximum absolute atomic E-state index is 12.3. The fraction of sp³-hybridized carbons (Fsp3) is 0.143. The van der Waals surface area contributed by atoms with Crippen LogP contribution in [0.25, 0.3) is 10.4 Å². The van der Waals surface area contributed by atoms with Crippen molar-refractivity contribution in [2.45, 2.75) is 11.9 Å². The summed E-state index contributed by atoms with van der Waals surface area (Å²) in [6, 6.07) is 10.2. The summed E-state index contributed by atoms with van der Waals surface area (Å²) in [6.07, 6.45) is 1.69. The van der Waals surface area contributed by atoms with Crippen LogP contribution in [0.15, 0.2) is 52.7 Å². The van der Waals surface area contributed by atoms with Crippen molar-refractivity contribution >= 4 is 33.4 Å². The number of benzene rings is 1. The number of nitrogens with one attached hydrogen (secondary N) is 1. The van der Waals surface area contributed by atoms with Crippen molar-refractivity contribution in [1.29, 1.82) is 0 Å². The second-order valence-corrected chi connectivity index (χ2v) is 6.02. The van der Waals surface area contributed by atoms with Crippen molar-refractivity contribution in [1.82, 2.24) is 9.71 Å². The van der Waals surface area contributed by atoms with Crippen LogP contribution in [0.1, 0.15) is 17.3 Å². The molecule has 0 saturated heterocycles. The maximum Gasteiger partial charge on any atom is 0.265 e. The summed E-state index contributed by atoms with van der Waals surface area (Å²) in [5, 5.41) is 4.30. The fourth-order valence-electron chi connectivity index (χ4n) is 1.64. The van der Waals surface area contributed by atoms with E-state index < -0.39 is 0 Å². The number of hydrogen-bond acceptors (Lipinski definition) is 6. The molecule has 0 radical (unpaired) electrons. The van der Waals surface area contributed by atoms with Gasteiger partial charge in [-0.25, -0.2) is 4.98 Å². The van der Waals surface area contributed by atoms with Gasteiger partial charge in [0.05, 0.1) is 12.2 Å². The van der Waals surface area contributed by atoms with Crippen molar-refractivity contribution in [3.05, 3.63) is 58.6 Å². The lowest BCUT2D eigenvalue weighted by Crippen LogP contribution is -2.16. The van der Waals surface area contributed by atoms with E-state index in [-0.39, 0.29) is 5.91 Å². The predicted octanol–water partition coefficient (Wildman–Crippen LogP) is 4.51. The number of amides is 1. The quantitative estimate of drug-likeness (QED) is 0.261. The molecule has 1 aromatic carbocycles. The topological polar surface area (TPSA) is 100.0 Å². The third-order valence-electron chi connectivity index (χ3n) is 2.57. The van der Waals surface area contributed by atoms with Gasteiger partial charge in [-0.3, -0.25) is 9.52 Å². The van der Waals surface area contributed by atoms with E-state index in [1.54, 1.807) is 18.3 Å². The van der Waals surface area contributed by atoms with Crippen molar-refractivity contribution in [2.24, 2.45) is 5.11 Å². The lowest BCUT2D eigenvalue weighted by Gasteiger charge is -2.10. The number of carbonyl (C=O) groups is 1. The molecule has 1 heterocycles. The van der Waals surface area contributed by atoms with E-state index >= 15 is 0 Å². The van der Waals surface area contributed by atoms with Gasteiger partial charge in [-0.15, -0.1) is 0 Å². The van der Waals surface area contributed by atoms with Crippen LogP contribution in [0.2, 0.25) is 0 Å². The molecule has 0 aliphatic carbocycles. The van der Waals surface area contributed by atoms with E-state index in [2.05, 4.69) is 19.7 Å². The summed E-state index contributed by atoms with van der Waals surface area (Å²) in [5.74, 6) is 0.0766. The van der Waals surface area contributed by atoms with Crippen LogP contribution >= 0.6 is 21.8 Å². The number of pyridine rings is 1. The SMILES string of the molecule is CCOc1cc(N=[N+]=[N-])ccc1C(=O)NSSc1ccccn1. The fourth-order valence-corrected chi connectivity index (χ4v) is 3.09. The van der Waals surface area contributed by atoms with Crippen LogP contribution < -0.4 is 9.46 Å². The van der Waals surface area contributed by atoms with E-state index in [4.69, 9.17) is 10.3 Å². The van der Waals surface area contributed by atoms with Gasteiger partial charge in [0.1, 0.15) is 10.8 Å². The van der Waals surface area contributed by atoms with Gasteiger partial charge in [0.25, 0.3) is 5.91 Å². The second-order valence-electron chi connectivity index (χ2n) is 4.07. The first kappa shape index (κ1) is 17.0. The summed E-state index contributed by atoms with van der Waals surface area (Å²) >= 11 is 0. The zero-order valence-electron chi connectivity index (χ0n) is 12.2. The highest BCUT2D eigenvalue weighted by atomic mass is 33.1. The van der Waals surface area contributed by atoms with E-state index in [0.29, 0.717) is 23.6 Å². The van der Waals surface area contributed by atoms with Crippen LogP contribution in [-0.4, -0.2) is 17.5 Å². The van der Waals surface area contributed by atoms with Gasteiger partial charge in [0.2, 0.25) is 0 Å². The van der Waals surface area contributed by atoms with E-state index in [1.165, 1.54) is 27.8 Å². The van der Waals surface area contributed by atoms with Crippen molar-refractivity contribution < 1.29 is 9.53 Å². The Balaban J connectivity index is 2.04. The van der Waals surface area contributed by atoms with Crippen molar-refractivity contribution in [3.63, 3.8) is 0 Å². The second kappa shape index (κ2) is 8.94. The molecular formula is C14H13N5O2S2. The molecule has 1 amide bonds. The highest BCUT2D eigenvalue weighted by Gasteiger charge is 2.13. The number of rotatable bonds is 7. The zero-order chi connectivity index (χ0) is 16.5. The molecular weight excluding hydrogens is 334 g/mol. The Hall–Kier alpha value is -2.35. The van der Waals surface area contributed by atoms with Crippen LogP contribution in [0.4, 0.5) is 5.69 Å². The van der Waals surface area contributed by atoms with Crippen LogP contribution in [-0.2, 0) is 0 Å². The molecule has 1 N–H and O–H groups in total. The van der Waals surface area contributed by atoms with Gasteiger partial charge in [0, 0.05) is 27.8 Å². The van der Waals surface area contributed by atoms with Gasteiger partial charge in [0.15, 0.2) is 0 Å². The molecule has 0 fully saturated rings. The molecule has 2 rings (SSSR count). The van der Waals surface area contributed by atoms with Gasteiger partial charge >= 0.3 is 0 Å². The molecule has 7 nitrogen and oxygen atoms in total. The average Bonchev–Trinajstić information content (AvgIpc) is 2.56. The Morgan fingerprint density at radius 1 is 1.43 bits per heavy atom. The molecule has 0 atom stereocenters. The minimum atomic E-state index is -0.297. The molecule has 0 saturated carbocycles. The molecule has 0 aliphatic heterocycles. The Morgan fingerprint density at radius 2 is 2.30 bits per heavy atom. The Morgan fingerprint density at radius 3 is 3.00 bits per heavy atom. The molecule has 118 valence electrons. The predicted molar refractivity (Wildman–Crippen MR) is 91.6 cm³/mol. The Labute approximate surface area is 141 Å². The molecule has 2 aromatic rings. The number of azide groups is 1. The van der Waals surface area contributed by atoms with Gasteiger partial charge in [-0.1, -0.05) is 17.2 Å². The van der Waals surface area contributed by atoms with Gasteiger partial charge < -0.3 is 4.74 Å². The van der Waals surface area contributed by atoms with Crippen molar-refractivity contribution in [3.8, 4) is 5.75 Å². The summed E-state index contributed by atoms with van der Waals surface area (Å²) in [7, 11) is 2.51. The molecule has 0 bridgehead atoms. The largest absolute Gasteiger partial charge is 0.493 e. The third-order valence-corrected chi connectivity index (χ3v) is 4.35. The Bertz CT molecular complexity index is 720. The monoisotopic (exact) mass is 347 g/mol. The van der Waals surface area contributed by atoms with Gasteiger partial charge in [-0.05, 0) is 47.5 Å². The minimum Gasteiger partial charge on any atom is -0.493 e. The number of ether oxygens (including phenoxy) is 1. The summed E-state index contributed by atoms with van der Waals surface area (Å²) in [6.45, 7) is 2.21. The molecule has 0 spiro atoms. The molecule has 23 heavy (non-hydrogen) atoms. The first-order valence-corrected chi connectivity index (χ1v) is 8.76. The standard InChI is InChI=1S/C14H13N5O2S2/c1-2-21-12-9-10(17-19-15)6-7-11(12)14(20)18-23-22-13-5-3-4-8-16-13/h3-9H,2H2,1H3,(H,18,20). The van der Waals surface area contributed by atoms with Gasteiger partial charge in [-0.2, -0.15) is 0 Å². The van der Waals surface area contributed by atoms with E-state index in [0.717, 1.165) is 5.03 Å². The third kappa shape index (κ3) is 5.10. The summed E-state index contributed by atoms with van der Waals surface area (Å²) < 4.78 is 8.15. The average molecular weight is 347 g/mol. The first-order chi connectivity index (χ1) is 11.2. The highest BCUT2D eigenvalue weighted by molar-refractivity contribution is 8.76. The van der Waals surface area contributed by atoms with E-state index in [1.807, 2.05) is 25.1 Å². The maximum atomic E-state index is 12.3. The highest BCUT2D eigenvalue weighted by Crippen LogP contribution is 2.29. The lowest BCUT2D eigenvalue weighted by molar-refractivity contribution is 0.0981. The van der Waals surface area contributed by atoms with Crippen LogP contribution in [0.3, 0.4) is 0 Å². The normalized spacial score (nSPS) is 9.78. The summed E-state index contributed by atoms with van der Waals surface area (Å²) in [4.78, 5) is 19.1. The zero-order valence-corrected chi connectivity index (χ0v) is 13.8. The van der Waals surface area contributed by atoms with Crippen LogP contribution in [0.5, 0.6) is 5.75 Å². The van der Waals surface area contributed by atoms with E-state index in [9.17, 15) is 4.79 Å². The first-order valence-electron chi connectivity index (χ1n) is 6.61.